The van der Waals surface area contributed by atoms with Gasteiger partial charge in [-0.3, -0.25) is 4.79 Å². The molecule has 0 radical (unpaired) electrons. The molecule has 0 bridgehead atoms. The summed E-state index contributed by atoms with van der Waals surface area (Å²) in [7, 11) is 0. The van der Waals surface area contributed by atoms with Gasteiger partial charge in [-0.15, -0.1) is 0 Å². The van der Waals surface area contributed by atoms with Crippen LogP contribution in [0.5, 0.6) is 5.75 Å². The van der Waals surface area contributed by atoms with Gasteiger partial charge in [0.1, 0.15) is 18.9 Å². The van der Waals surface area contributed by atoms with Gasteiger partial charge in [-0.2, -0.15) is 0 Å². The maximum Gasteiger partial charge on any atom is 0.244 e. The number of nitrogens with zero attached hydrogens (tertiary/aromatic N) is 1. The molecular weight excluding hydrogens is 360 g/mol. The lowest BCUT2D eigenvalue weighted by Gasteiger charge is -2.11. The van der Waals surface area contributed by atoms with E-state index in [1.165, 1.54) is 0 Å². The molecule has 0 aliphatic rings. The Bertz CT molecular complexity index is 1150. The van der Waals surface area contributed by atoms with Crippen LogP contribution in [-0.4, -0.2) is 10.5 Å². The van der Waals surface area contributed by atoms with Crippen LogP contribution in [0.25, 0.3) is 10.9 Å². The Balaban J connectivity index is 1.50. The van der Waals surface area contributed by atoms with Crippen LogP contribution in [0.4, 0.5) is 5.69 Å². The Morgan fingerprint density at radius 1 is 0.966 bits per heavy atom. The predicted octanol–water partition coefficient (Wildman–Crippen LogP) is 5.48. The summed E-state index contributed by atoms with van der Waals surface area (Å²) in [4.78, 5) is 12.6. The third-order valence-electron chi connectivity index (χ3n) is 4.99. The summed E-state index contributed by atoms with van der Waals surface area (Å²) >= 11 is 0. The fraction of sp³-hybridized carbons (Fsp3) is 0.160. The number of nitrogens with one attached hydrogen (secondary N) is 1. The van der Waals surface area contributed by atoms with E-state index in [1.54, 1.807) is 0 Å². The molecule has 1 aromatic heterocycles. The summed E-state index contributed by atoms with van der Waals surface area (Å²) in [5.41, 5.74) is 5.14. The van der Waals surface area contributed by atoms with Crippen molar-refractivity contribution in [1.29, 1.82) is 0 Å². The van der Waals surface area contributed by atoms with Crippen LogP contribution in [0, 0.1) is 13.8 Å². The number of rotatable bonds is 6. The van der Waals surface area contributed by atoms with E-state index in [-0.39, 0.29) is 12.5 Å². The lowest BCUT2D eigenvalue weighted by Crippen LogP contribution is -2.18. The summed E-state index contributed by atoms with van der Waals surface area (Å²) in [6.45, 7) is 4.78. The number of amides is 1. The van der Waals surface area contributed by atoms with E-state index in [1.807, 2.05) is 97.4 Å². The highest BCUT2D eigenvalue weighted by molar-refractivity contribution is 5.93. The molecule has 1 amide bonds. The van der Waals surface area contributed by atoms with Crippen LogP contribution >= 0.6 is 0 Å². The van der Waals surface area contributed by atoms with Gasteiger partial charge in [0, 0.05) is 17.3 Å². The van der Waals surface area contributed by atoms with Gasteiger partial charge in [0.05, 0.1) is 5.52 Å². The van der Waals surface area contributed by atoms with Crippen LogP contribution in [0.1, 0.15) is 16.7 Å². The van der Waals surface area contributed by atoms with E-state index in [0.717, 1.165) is 39.0 Å². The molecule has 0 aliphatic carbocycles. The van der Waals surface area contributed by atoms with Gasteiger partial charge in [0.15, 0.2) is 0 Å². The minimum absolute atomic E-state index is 0.0493. The Kier molecular flexibility index (Phi) is 5.34. The first-order valence-corrected chi connectivity index (χ1v) is 9.72. The van der Waals surface area contributed by atoms with Gasteiger partial charge in [-0.25, -0.2) is 0 Å². The number of benzene rings is 3. The maximum atomic E-state index is 12.6. The first-order valence-electron chi connectivity index (χ1n) is 9.72. The van der Waals surface area contributed by atoms with Crippen LogP contribution in [-0.2, 0) is 17.9 Å². The molecule has 0 unspecified atom stereocenters. The molecular formula is C25H24N2O2. The zero-order chi connectivity index (χ0) is 20.2. The number of carbonyl (C=O) groups excluding carboxylic acids is 1. The molecule has 3 aromatic carbocycles. The minimum atomic E-state index is -0.0493. The number of ether oxygens (including phenoxy) is 1. The lowest BCUT2D eigenvalue weighted by atomic mass is 10.1. The molecule has 146 valence electrons. The quantitative estimate of drug-likeness (QED) is 0.479. The van der Waals surface area contributed by atoms with Crippen molar-refractivity contribution < 1.29 is 9.53 Å². The van der Waals surface area contributed by atoms with Gasteiger partial charge in [-0.05, 0) is 54.8 Å². The van der Waals surface area contributed by atoms with Crippen LogP contribution in [0.3, 0.4) is 0 Å². The van der Waals surface area contributed by atoms with E-state index in [9.17, 15) is 4.79 Å². The molecule has 0 saturated carbocycles. The number of carbonyl (C=O) groups is 1. The molecule has 0 aliphatic heterocycles. The number of aryl methyl sites for hydroxylation is 2. The van der Waals surface area contributed by atoms with Crippen LogP contribution in [0.15, 0.2) is 79.0 Å². The molecule has 4 rings (SSSR count). The van der Waals surface area contributed by atoms with E-state index in [4.69, 9.17) is 4.74 Å². The maximum absolute atomic E-state index is 12.6. The second-order valence-electron chi connectivity index (χ2n) is 7.27. The molecule has 4 heteroatoms. The first-order chi connectivity index (χ1) is 14.1. The molecule has 4 aromatic rings. The summed E-state index contributed by atoms with van der Waals surface area (Å²) in [5, 5.41) is 4.03. The van der Waals surface area contributed by atoms with Crippen molar-refractivity contribution in [2.24, 2.45) is 0 Å². The van der Waals surface area contributed by atoms with E-state index in [0.29, 0.717) is 6.61 Å². The topological polar surface area (TPSA) is 43.3 Å². The van der Waals surface area contributed by atoms with Gasteiger partial charge < -0.3 is 14.6 Å². The second-order valence-corrected chi connectivity index (χ2v) is 7.27. The van der Waals surface area contributed by atoms with Gasteiger partial charge in [0.25, 0.3) is 0 Å². The average Bonchev–Trinajstić information content (AvgIpc) is 3.13. The van der Waals surface area contributed by atoms with Crippen LogP contribution in [0.2, 0.25) is 0 Å². The number of fused-ring (bicyclic) bond motifs is 1. The standard InChI is InChI=1S/C25H24N2O2/c1-18-11-12-19(2)22(15-18)26-25(28)16-27-14-13-21-23(27)9-6-10-24(21)29-17-20-7-4-3-5-8-20/h3-15H,16-17H2,1-2H3,(H,26,28). The van der Waals surface area contributed by atoms with Crippen molar-refractivity contribution in [3.63, 3.8) is 0 Å². The Hall–Kier alpha value is -3.53. The first kappa shape index (κ1) is 18.8. The fourth-order valence-corrected chi connectivity index (χ4v) is 3.41. The average molecular weight is 384 g/mol. The highest BCUT2D eigenvalue weighted by Crippen LogP contribution is 2.27. The molecule has 0 fully saturated rings. The van der Waals surface area contributed by atoms with Crippen molar-refractivity contribution >= 4 is 22.5 Å². The Labute approximate surface area is 170 Å². The number of hydrogen-bond acceptors (Lipinski definition) is 2. The molecule has 1 heterocycles. The van der Waals surface area contributed by atoms with E-state index >= 15 is 0 Å². The van der Waals surface area contributed by atoms with Gasteiger partial charge >= 0.3 is 0 Å². The smallest absolute Gasteiger partial charge is 0.244 e. The molecule has 0 atom stereocenters. The van der Waals surface area contributed by atoms with Crippen molar-refractivity contribution in [1.82, 2.24) is 4.57 Å². The van der Waals surface area contributed by atoms with Gasteiger partial charge in [0.2, 0.25) is 5.91 Å². The molecule has 4 nitrogen and oxygen atoms in total. The summed E-state index contributed by atoms with van der Waals surface area (Å²) in [6.07, 6.45) is 1.93. The molecule has 0 saturated heterocycles. The summed E-state index contributed by atoms with van der Waals surface area (Å²) in [6, 6.07) is 24.1. The predicted molar refractivity (Wildman–Crippen MR) is 117 cm³/mol. The highest BCUT2D eigenvalue weighted by atomic mass is 16.5. The van der Waals surface area contributed by atoms with Crippen molar-refractivity contribution in [3.8, 4) is 5.75 Å². The van der Waals surface area contributed by atoms with Crippen LogP contribution < -0.4 is 10.1 Å². The third kappa shape index (κ3) is 4.32. The normalized spacial score (nSPS) is 10.8. The molecule has 0 spiro atoms. The van der Waals surface area contributed by atoms with Gasteiger partial charge in [-0.1, -0.05) is 48.5 Å². The number of anilines is 1. The largest absolute Gasteiger partial charge is 0.488 e. The molecule has 1 N–H and O–H groups in total. The van der Waals surface area contributed by atoms with Crippen molar-refractivity contribution in [3.05, 3.63) is 95.7 Å². The Morgan fingerprint density at radius 3 is 2.62 bits per heavy atom. The molecule has 29 heavy (non-hydrogen) atoms. The lowest BCUT2D eigenvalue weighted by molar-refractivity contribution is -0.116. The second kappa shape index (κ2) is 8.23. The number of hydrogen-bond donors (Lipinski definition) is 1. The zero-order valence-electron chi connectivity index (χ0n) is 16.7. The van der Waals surface area contributed by atoms with E-state index in [2.05, 4.69) is 5.32 Å². The zero-order valence-corrected chi connectivity index (χ0v) is 16.7. The number of aromatic nitrogens is 1. The fourth-order valence-electron chi connectivity index (χ4n) is 3.41. The summed E-state index contributed by atoms with van der Waals surface area (Å²) < 4.78 is 7.98. The Morgan fingerprint density at radius 2 is 1.79 bits per heavy atom. The van der Waals surface area contributed by atoms with Crippen molar-refractivity contribution in [2.45, 2.75) is 27.0 Å². The monoisotopic (exact) mass is 384 g/mol. The minimum Gasteiger partial charge on any atom is -0.488 e. The van der Waals surface area contributed by atoms with E-state index < -0.39 is 0 Å². The third-order valence-corrected chi connectivity index (χ3v) is 4.99. The highest BCUT2D eigenvalue weighted by Gasteiger charge is 2.11. The van der Waals surface area contributed by atoms with Crippen molar-refractivity contribution in [2.75, 3.05) is 5.32 Å². The summed E-state index contributed by atoms with van der Waals surface area (Å²) in [5.74, 6) is 0.770. The SMILES string of the molecule is Cc1ccc(C)c(NC(=O)Cn2ccc3c(OCc4ccccc4)cccc32)c1.